The fourth-order valence-corrected chi connectivity index (χ4v) is 2.36. The number of aliphatic imine (C=N–C) groups is 1. The van der Waals surface area contributed by atoms with Crippen molar-refractivity contribution in [1.29, 1.82) is 0 Å². The maximum Gasteiger partial charge on any atom is 0.101 e. The zero-order chi connectivity index (χ0) is 11.0. The van der Waals surface area contributed by atoms with E-state index in [1.54, 1.807) is 0 Å². The van der Waals surface area contributed by atoms with E-state index in [1.165, 1.54) is 30.5 Å². The Balaban J connectivity index is 1.87. The largest absolute Gasteiger partial charge is 0.344 e. The van der Waals surface area contributed by atoms with Crippen molar-refractivity contribution in [2.75, 3.05) is 11.9 Å². The van der Waals surface area contributed by atoms with Crippen LogP contribution >= 0.6 is 11.6 Å². The molecule has 0 unspecified atom stereocenters. The fourth-order valence-electron chi connectivity index (χ4n) is 2.18. The Bertz CT molecular complexity index is 436. The SMILES string of the molecule is Clc1ccc(NC2=NCCC2)c(C2CC2)c1. The summed E-state index contributed by atoms with van der Waals surface area (Å²) in [7, 11) is 0. The molecular formula is C13H15ClN2. The maximum atomic E-state index is 6.05. The zero-order valence-corrected chi connectivity index (χ0v) is 9.93. The van der Waals surface area contributed by atoms with Crippen molar-refractivity contribution < 1.29 is 0 Å². The zero-order valence-electron chi connectivity index (χ0n) is 9.17. The van der Waals surface area contributed by atoms with Crippen molar-refractivity contribution in [2.45, 2.75) is 31.6 Å². The van der Waals surface area contributed by atoms with Crippen LogP contribution in [0.15, 0.2) is 23.2 Å². The van der Waals surface area contributed by atoms with Gasteiger partial charge in [0.05, 0.1) is 0 Å². The van der Waals surface area contributed by atoms with Crippen molar-refractivity contribution in [3.8, 4) is 0 Å². The highest BCUT2D eigenvalue weighted by Crippen LogP contribution is 2.44. The van der Waals surface area contributed by atoms with E-state index in [0.717, 1.165) is 23.8 Å². The van der Waals surface area contributed by atoms with Gasteiger partial charge in [-0.3, -0.25) is 4.99 Å². The van der Waals surface area contributed by atoms with Crippen LogP contribution in [0.2, 0.25) is 5.02 Å². The van der Waals surface area contributed by atoms with Crippen molar-refractivity contribution in [3.05, 3.63) is 28.8 Å². The molecule has 2 aliphatic rings. The van der Waals surface area contributed by atoms with Crippen molar-refractivity contribution >= 4 is 23.1 Å². The molecule has 3 rings (SSSR count). The minimum Gasteiger partial charge on any atom is -0.344 e. The predicted molar refractivity (Wildman–Crippen MR) is 68.6 cm³/mol. The summed E-state index contributed by atoms with van der Waals surface area (Å²) in [6.07, 6.45) is 4.84. The molecule has 0 spiro atoms. The number of hydrogen-bond acceptors (Lipinski definition) is 2. The highest BCUT2D eigenvalue weighted by molar-refractivity contribution is 6.30. The normalized spacial score (nSPS) is 19.7. The molecule has 0 atom stereocenters. The molecule has 16 heavy (non-hydrogen) atoms. The van der Waals surface area contributed by atoms with Gasteiger partial charge in [-0.2, -0.15) is 0 Å². The molecule has 1 N–H and O–H groups in total. The summed E-state index contributed by atoms with van der Waals surface area (Å²) in [6, 6.07) is 6.12. The monoisotopic (exact) mass is 234 g/mol. The average Bonchev–Trinajstić information content (AvgIpc) is 3.00. The van der Waals surface area contributed by atoms with Crippen LogP contribution in [0, 0.1) is 0 Å². The molecule has 0 amide bonds. The van der Waals surface area contributed by atoms with Crippen LogP contribution in [0.3, 0.4) is 0 Å². The summed E-state index contributed by atoms with van der Waals surface area (Å²) < 4.78 is 0. The van der Waals surface area contributed by atoms with Crippen LogP contribution < -0.4 is 5.32 Å². The van der Waals surface area contributed by atoms with Gasteiger partial charge < -0.3 is 5.32 Å². The van der Waals surface area contributed by atoms with Gasteiger partial charge in [0.15, 0.2) is 0 Å². The van der Waals surface area contributed by atoms with E-state index < -0.39 is 0 Å². The number of hydrogen-bond donors (Lipinski definition) is 1. The van der Waals surface area contributed by atoms with Crippen LogP contribution in [-0.4, -0.2) is 12.4 Å². The number of nitrogens with zero attached hydrogens (tertiary/aromatic N) is 1. The second-order valence-corrected chi connectivity index (χ2v) is 5.00. The molecule has 0 bridgehead atoms. The standard InChI is InChI=1S/C13H15ClN2/c14-10-5-6-12(11(8-10)9-3-4-9)16-13-2-1-7-15-13/h5-6,8-9H,1-4,7H2,(H,15,16). The van der Waals surface area contributed by atoms with Gasteiger partial charge in [-0.25, -0.2) is 0 Å². The highest BCUT2D eigenvalue weighted by atomic mass is 35.5. The van der Waals surface area contributed by atoms with Crippen molar-refractivity contribution in [3.63, 3.8) is 0 Å². The van der Waals surface area contributed by atoms with Gasteiger partial charge in [0.2, 0.25) is 0 Å². The number of anilines is 1. The Morgan fingerprint density at radius 3 is 2.88 bits per heavy atom. The molecule has 2 nitrogen and oxygen atoms in total. The first-order valence-corrected chi connectivity index (χ1v) is 6.30. The minimum atomic E-state index is 0.711. The van der Waals surface area contributed by atoms with Gasteiger partial charge in [-0.05, 0) is 48.9 Å². The molecule has 1 aromatic carbocycles. The Labute approximate surface area is 101 Å². The van der Waals surface area contributed by atoms with Gasteiger partial charge in [-0.15, -0.1) is 0 Å². The van der Waals surface area contributed by atoms with E-state index in [9.17, 15) is 0 Å². The first kappa shape index (κ1) is 10.2. The molecule has 1 fully saturated rings. The lowest BCUT2D eigenvalue weighted by Crippen LogP contribution is -2.09. The molecule has 1 heterocycles. The molecule has 1 aromatic rings. The summed E-state index contributed by atoms with van der Waals surface area (Å²) in [5.41, 5.74) is 2.56. The number of amidine groups is 1. The smallest absolute Gasteiger partial charge is 0.101 e. The summed E-state index contributed by atoms with van der Waals surface area (Å²) in [5.74, 6) is 1.84. The van der Waals surface area contributed by atoms with Gasteiger partial charge in [0, 0.05) is 23.7 Å². The molecule has 1 aliphatic heterocycles. The lowest BCUT2D eigenvalue weighted by atomic mass is 10.1. The summed E-state index contributed by atoms with van der Waals surface area (Å²) in [6.45, 7) is 0.967. The van der Waals surface area contributed by atoms with Gasteiger partial charge in [0.25, 0.3) is 0 Å². The van der Waals surface area contributed by atoms with E-state index in [-0.39, 0.29) is 0 Å². The molecule has 1 saturated carbocycles. The third kappa shape index (κ3) is 2.07. The van der Waals surface area contributed by atoms with Gasteiger partial charge >= 0.3 is 0 Å². The summed E-state index contributed by atoms with van der Waals surface area (Å²) in [5, 5.41) is 4.28. The summed E-state index contributed by atoms with van der Waals surface area (Å²) >= 11 is 6.05. The number of halogens is 1. The Morgan fingerprint density at radius 2 is 2.19 bits per heavy atom. The molecule has 3 heteroatoms. The Hall–Kier alpha value is -1.02. The van der Waals surface area contributed by atoms with Gasteiger partial charge in [0.1, 0.15) is 5.84 Å². The van der Waals surface area contributed by atoms with Crippen LogP contribution in [-0.2, 0) is 0 Å². The fraction of sp³-hybridized carbons (Fsp3) is 0.462. The first-order valence-electron chi connectivity index (χ1n) is 5.93. The first-order chi connectivity index (χ1) is 7.83. The third-order valence-corrected chi connectivity index (χ3v) is 3.42. The lowest BCUT2D eigenvalue weighted by Gasteiger charge is -2.11. The molecule has 0 saturated heterocycles. The Morgan fingerprint density at radius 1 is 1.31 bits per heavy atom. The minimum absolute atomic E-state index is 0.711. The predicted octanol–water partition coefficient (Wildman–Crippen LogP) is 3.82. The van der Waals surface area contributed by atoms with Crippen LogP contribution in [0.25, 0.3) is 0 Å². The maximum absolute atomic E-state index is 6.05. The van der Waals surface area contributed by atoms with Crippen molar-refractivity contribution in [1.82, 2.24) is 0 Å². The second-order valence-electron chi connectivity index (χ2n) is 4.56. The van der Waals surface area contributed by atoms with E-state index in [0.29, 0.717) is 5.92 Å². The van der Waals surface area contributed by atoms with E-state index in [2.05, 4.69) is 22.4 Å². The number of nitrogens with one attached hydrogen (secondary N) is 1. The third-order valence-electron chi connectivity index (χ3n) is 3.18. The number of benzene rings is 1. The molecule has 0 radical (unpaired) electrons. The molecule has 1 aliphatic carbocycles. The summed E-state index contributed by atoms with van der Waals surface area (Å²) in [4.78, 5) is 4.45. The molecular weight excluding hydrogens is 220 g/mol. The highest BCUT2D eigenvalue weighted by Gasteiger charge is 2.26. The van der Waals surface area contributed by atoms with Gasteiger partial charge in [-0.1, -0.05) is 11.6 Å². The quantitative estimate of drug-likeness (QED) is 0.827. The van der Waals surface area contributed by atoms with Crippen LogP contribution in [0.1, 0.15) is 37.2 Å². The van der Waals surface area contributed by atoms with E-state index in [4.69, 9.17) is 11.6 Å². The van der Waals surface area contributed by atoms with Crippen LogP contribution in [0.5, 0.6) is 0 Å². The van der Waals surface area contributed by atoms with E-state index in [1.807, 2.05) is 6.07 Å². The second kappa shape index (κ2) is 4.10. The average molecular weight is 235 g/mol. The molecule has 0 aromatic heterocycles. The lowest BCUT2D eigenvalue weighted by molar-refractivity contribution is 0.951. The van der Waals surface area contributed by atoms with E-state index >= 15 is 0 Å². The topological polar surface area (TPSA) is 24.4 Å². The number of rotatable bonds is 2. The van der Waals surface area contributed by atoms with Crippen molar-refractivity contribution in [2.24, 2.45) is 4.99 Å². The molecule has 84 valence electrons. The van der Waals surface area contributed by atoms with Crippen LogP contribution in [0.4, 0.5) is 5.69 Å². The Kier molecular flexibility index (Phi) is 2.60.